The Kier molecular flexibility index (Phi) is 2.93. The summed E-state index contributed by atoms with van der Waals surface area (Å²) in [5, 5.41) is 9.18. The smallest absolute Gasteiger partial charge is 0.410 e. The van der Waals surface area contributed by atoms with Crippen molar-refractivity contribution in [2.75, 3.05) is 19.7 Å². The van der Waals surface area contributed by atoms with Crippen molar-refractivity contribution in [1.82, 2.24) is 4.90 Å². The van der Waals surface area contributed by atoms with Crippen molar-refractivity contribution in [2.45, 2.75) is 39.2 Å². The Hall–Kier alpha value is -1.10. The Bertz CT molecular complexity index is 358. The predicted molar refractivity (Wildman–Crippen MR) is 65.1 cm³/mol. The second-order valence-corrected chi connectivity index (χ2v) is 6.83. The maximum atomic E-state index is 11.8. The largest absolute Gasteiger partial charge is 0.444 e. The SMILES string of the molecule is CC(C)(C)OC(=O)N1CC2(C1)CC(C=O)(CO)C2. The summed E-state index contributed by atoms with van der Waals surface area (Å²) in [4.78, 5) is 24.3. The minimum absolute atomic E-state index is 0.0422. The number of aliphatic hydroxyl groups is 1. The van der Waals surface area contributed by atoms with Gasteiger partial charge in [0.1, 0.15) is 11.9 Å². The number of hydrogen-bond donors (Lipinski definition) is 1. The number of rotatable bonds is 2. The highest BCUT2D eigenvalue weighted by Gasteiger charge is 2.61. The maximum absolute atomic E-state index is 11.8. The molecule has 0 bridgehead atoms. The van der Waals surface area contributed by atoms with E-state index in [-0.39, 0.29) is 18.1 Å². The van der Waals surface area contributed by atoms with Gasteiger partial charge in [0.2, 0.25) is 0 Å². The summed E-state index contributed by atoms with van der Waals surface area (Å²) < 4.78 is 5.28. The number of aliphatic hydroxyl groups excluding tert-OH is 1. The van der Waals surface area contributed by atoms with Gasteiger partial charge < -0.3 is 19.5 Å². The van der Waals surface area contributed by atoms with Gasteiger partial charge in [-0.15, -0.1) is 0 Å². The number of ether oxygens (including phenoxy) is 1. The van der Waals surface area contributed by atoms with Crippen LogP contribution in [0.1, 0.15) is 33.6 Å². The molecule has 2 rings (SSSR count). The van der Waals surface area contributed by atoms with Crippen LogP contribution < -0.4 is 0 Å². The van der Waals surface area contributed by atoms with E-state index < -0.39 is 11.0 Å². The predicted octanol–water partition coefficient (Wildman–Crippen LogP) is 1.19. The Morgan fingerprint density at radius 1 is 1.39 bits per heavy atom. The summed E-state index contributed by atoms with van der Waals surface area (Å²) in [6.07, 6.45) is 1.92. The highest BCUT2D eigenvalue weighted by atomic mass is 16.6. The third kappa shape index (κ3) is 2.23. The maximum Gasteiger partial charge on any atom is 0.410 e. The van der Waals surface area contributed by atoms with E-state index in [9.17, 15) is 14.7 Å². The van der Waals surface area contributed by atoms with Crippen molar-refractivity contribution in [1.29, 1.82) is 0 Å². The number of likely N-dealkylation sites (tertiary alicyclic amines) is 1. The van der Waals surface area contributed by atoms with Crippen LogP contribution in [0.4, 0.5) is 4.79 Å². The molecule has 0 aromatic rings. The average molecular weight is 255 g/mol. The van der Waals surface area contributed by atoms with Crippen LogP contribution in [0.5, 0.6) is 0 Å². The molecule has 0 unspecified atom stereocenters. The summed E-state index contributed by atoms with van der Waals surface area (Å²) >= 11 is 0. The molecule has 2 fully saturated rings. The summed E-state index contributed by atoms with van der Waals surface area (Å²) in [6.45, 7) is 6.70. The minimum atomic E-state index is -0.556. The Morgan fingerprint density at radius 3 is 2.33 bits per heavy atom. The number of amides is 1. The molecule has 1 saturated heterocycles. The molecule has 18 heavy (non-hydrogen) atoms. The van der Waals surface area contributed by atoms with Crippen molar-refractivity contribution in [3.63, 3.8) is 0 Å². The van der Waals surface area contributed by atoms with E-state index in [1.165, 1.54) is 0 Å². The van der Waals surface area contributed by atoms with E-state index in [4.69, 9.17) is 4.74 Å². The summed E-state index contributed by atoms with van der Waals surface area (Å²) in [5.41, 5.74) is -0.988. The van der Waals surface area contributed by atoms with E-state index in [0.29, 0.717) is 25.9 Å². The normalized spacial score (nSPS) is 24.1. The van der Waals surface area contributed by atoms with Gasteiger partial charge in [0.15, 0.2) is 0 Å². The quantitative estimate of drug-likeness (QED) is 0.753. The van der Waals surface area contributed by atoms with Gasteiger partial charge in [-0.1, -0.05) is 0 Å². The first-order valence-corrected chi connectivity index (χ1v) is 6.28. The van der Waals surface area contributed by atoms with Crippen LogP contribution >= 0.6 is 0 Å². The molecule has 102 valence electrons. The van der Waals surface area contributed by atoms with Gasteiger partial charge in [-0.25, -0.2) is 4.79 Å². The van der Waals surface area contributed by atoms with Crippen LogP contribution in [0.3, 0.4) is 0 Å². The number of nitrogens with zero attached hydrogens (tertiary/aromatic N) is 1. The van der Waals surface area contributed by atoms with Crippen molar-refractivity contribution in [3.05, 3.63) is 0 Å². The van der Waals surface area contributed by atoms with Gasteiger partial charge in [0.05, 0.1) is 12.0 Å². The van der Waals surface area contributed by atoms with Crippen molar-refractivity contribution in [2.24, 2.45) is 10.8 Å². The van der Waals surface area contributed by atoms with Crippen molar-refractivity contribution >= 4 is 12.4 Å². The Balaban J connectivity index is 1.82. The van der Waals surface area contributed by atoms with Gasteiger partial charge in [-0.3, -0.25) is 0 Å². The molecule has 1 heterocycles. The average Bonchev–Trinajstić information content (AvgIpc) is 2.12. The fourth-order valence-electron chi connectivity index (χ4n) is 3.12. The molecule has 0 atom stereocenters. The van der Waals surface area contributed by atoms with Crippen LogP contribution in [0.25, 0.3) is 0 Å². The van der Waals surface area contributed by atoms with E-state index in [1.54, 1.807) is 4.90 Å². The molecule has 1 aliphatic carbocycles. The third-order valence-corrected chi connectivity index (χ3v) is 3.72. The van der Waals surface area contributed by atoms with Gasteiger partial charge in [0, 0.05) is 18.5 Å². The molecular formula is C13H21NO4. The molecule has 0 aromatic carbocycles. The first-order valence-electron chi connectivity index (χ1n) is 6.28. The van der Waals surface area contributed by atoms with E-state index in [0.717, 1.165) is 6.29 Å². The molecular weight excluding hydrogens is 234 g/mol. The molecule has 2 aliphatic rings. The highest BCUT2D eigenvalue weighted by molar-refractivity contribution is 5.70. The van der Waals surface area contributed by atoms with Crippen LogP contribution in [0.15, 0.2) is 0 Å². The fourth-order valence-corrected chi connectivity index (χ4v) is 3.12. The molecule has 1 spiro atoms. The topological polar surface area (TPSA) is 66.8 Å². The van der Waals surface area contributed by atoms with E-state index >= 15 is 0 Å². The zero-order valence-corrected chi connectivity index (χ0v) is 11.2. The van der Waals surface area contributed by atoms with Crippen molar-refractivity contribution < 1.29 is 19.4 Å². The van der Waals surface area contributed by atoms with E-state index in [2.05, 4.69) is 0 Å². The lowest BCUT2D eigenvalue weighted by Gasteiger charge is -2.61. The summed E-state index contributed by atoms with van der Waals surface area (Å²) in [5.74, 6) is 0. The van der Waals surface area contributed by atoms with Crippen molar-refractivity contribution in [3.8, 4) is 0 Å². The first-order chi connectivity index (χ1) is 8.23. The number of carbonyl (C=O) groups is 2. The monoisotopic (exact) mass is 255 g/mol. The fraction of sp³-hybridized carbons (Fsp3) is 0.846. The second-order valence-electron chi connectivity index (χ2n) is 6.83. The lowest BCUT2D eigenvalue weighted by Crippen LogP contribution is -2.68. The van der Waals surface area contributed by atoms with Gasteiger partial charge in [-0.2, -0.15) is 0 Å². The first kappa shape index (κ1) is 13.3. The highest BCUT2D eigenvalue weighted by Crippen LogP contribution is 2.57. The Labute approximate surface area is 107 Å². The molecule has 0 aromatic heterocycles. The lowest BCUT2D eigenvalue weighted by molar-refractivity contribution is -0.162. The molecule has 1 saturated carbocycles. The zero-order valence-electron chi connectivity index (χ0n) is 11.2. The van der Waals surface area contributed by atoms with Gasteiger partial charge in [0.25, 0.3) is 0 Å². The van der Waals surface area contributed by atoms with Crippen LogP contribution in [0, 0.1) is 10.8 Å². The zero-order chi connectivity index (χ0) is 13.6. The van der Waals surface area contributed by atoms with E-state index in [1.807, 2.05) is 20.8 Å². The molecule has 1 N–H and O–H groups in total. The number of aldehydes is 1. The molecule has 5 nitrogen and oxygen atoms in total. The molecule has 1 aliphatic heterocycles. The van der Waals surface area contributed by atoms with Crippen LogP contribution in [-0.4, -0.2) is 47.7 Å². The lowest BCUT2D eigenvalue weighted by atomic mass is 9.50. The minimum Gasteiger partial charge on any atom is -0.444 e. The summed E-state index contributed by atoms with van der Waals surface area (Å²) in [7, 11) is 0. The van der Waals surface area contributed by atoms with Crippen LogP contribution in [0.2, 0.25) is 0 Å². The standard InChI is InChI=1S/C13H21NO4/c1-11(2,3)18-10(17)14-6-12(7-14)4-13(5-12,8-15)9-16/h8,16H,4-7,9H2,1-3H3. The summed E-state index contributed by atoms with van der Waals surface area (Å²) in [6, 6.07) is 0. The number of hydrogen-bond acceptors (Lipinski definition) is 4. The van der Waals surface area contributed by atoms with Crippen LogP contribution in [-0.2, 0) is 9.53 Å². The molecule has 0 radical (unpaired) electrons. The number of carbonyl (C=O) groups excluding carboxylic acids is 2. The van der Waals surface area contributed by atoms with Gasteiger partial charge >= 0.3 is 6.09 Å². The Morgan fingerprint density at radius 2 is 1.94 bits per heavy atom. The molecule has 5 heteroatoms. The van der Waals surface area contributed by atoms with Gasteiger partial charge in [-0.05, 0) is 33.6 Å². The third-order valence-electron chi connectivity index (χ3n) is 3.72. The molecule has 1 amide bonds. The second kappa shape index (κ2) is 3.95.